The summed E-state index contributed by atoms with van der Waals surface area (Å²) >= 11 is 0. The minimum Gasteiger partial charge on any atom is -0.388 e. The number of rotatable bonds is 6. The molecule has 0 N–H and O–H groups in total. The van der Waals surface area contributed by atoms with E-state index >= 15 is 0 Å². The lowest BCUT2D eigenvalue weighted by Gasteiger charge is -2.26. The lowest BCUT2D eigenvalue weighted by Crippen LogP contribution is -2.38. The smallest absolute Gasteiger partial charge is 0.345 e. The molecule has 0 aromatic heterocycles. The molecule has 1 saturated heterocycles. The molecule has 0 spiro atoms. The number of carbonyl (C=O) groups is 2. The van der Waals surface area contributed by atoms with Crippen molar-refractivity contribution in [1.82, 2.24) is 4.90 Å². The summed E-state index contributed by atoms with van der Waals surface area (Å²) in [6.45, 7) is 4.16. The number of ether oxygens (including phenoxy) is 3. The first-order chi connectivity index (χ1) is 10.3. The molecule has 6 nitrogen and oxygen atoms in total. The maximum Gasteiger partial charge on any atom is 0.345 e. The Kier molecular flexibility index (Phi) is 6.33. The van der Waals surface area contributed by atoms with Crippen LogP contribution >= 0.6 is 0 Å². The van der Waals surface area contributed by atoms with Gasteiger partial charge in [-0.1, -0.05) is 18.2 Å². The van der Waals surface area contributed by atoms with Gasteiger partial charge >= 0.3 is 11.9 Å². The third-order valence-corrected chi connectivity index (χ3v) is 3.09. The quantitative estimate of drug-likeness (QED) is 0.437. The normalized spacial score (nSPS) is 15.6. The van der Waals surface area contributed by atoms with Crippen molar-refractivity contribution in [3.05, 3.63) is 35.9 Å². The van der Waals surface area contributed by atoms with Crippen molar-refractivity contribution in [3.63, 3.8) is 0 Å². The van der Waals surface area contributed by atoms with Gasteiger partial charge in [0, 0.05) is 19.6 Å². The second-order valence-corrected chi connectivity index (χ2v) is 4.63. The van der Waals surface area contributed by atoms with Gasteiger partial charge in [-0.3, -0.25) is 4.90 Å². The van der Waals surface area contributed by atoms with Crippen molar-refractivity contribution >= 4 is 11.9 Å². The topological polar surface area (TPSA) is 65.1 Å². The van der Waals surface area contributed by atoms with Gasteiger partial charge in [0.15, 0.2) is 0 Å². The minimum absolute atomic E-state index is 0.219. The zero-order valence-corrected chi connectivity index (χ0v) is 11.8. The van der Waals surface area contributed by atoms with E-state index in [0.717, 1.165) is 32.8 Å². The van der Waals surface area contributed by atoms with E-state index in [1.165, 1.54) is 0 Å². The summed E-state index contributed by atoms with van der Waals surface area (Å²) in [5.41, 5.74) is 0.346. The molecule has 6 heteroatoms. The summed E-state index contributed by atoms with van der Waals surface area (Å²) in [6, 6.07) is 8.39. The van der Waals surface area contributed by atoms with Crippen LogP contribution in [0.15, 0.2) is 30.3 Å². The second-order valence-electron chi connectivity index (χ2n) is 4.63. The van der Waals surface area contributed by atoms with Gasteiger partial charge in [-0.05, 0) is 12.1 Å². The highest BCUT2D eigenvalue weighted by molar-refractivity contribution is 5.96. The highest BCUT2D eigenvalue weighted by atomic mass is 16.6. The average Bonchev–Trinajstić information content (AvgIpc) is 2.53. The monoisotopic (exact) mass is 293 g/mol. The van der Waals surface area contributed by atoms with Crippen molar-refractivity contribution in [3.8, 4) is 0 Å². The van der Waals surface area contributed by atoms with E-state index in [0.29, 0.717) is 12.2 Å². The molecule has 0 amide bonds. The Hall–Kier alpha value is -1.76. The fraction of sp³-hybridized carbons (Fsp3) is 0.467. The van der Waals surface area contributed by atoms with Crippen molar-refractivity contribution in [2.45, 2.75) is 0 Å². The zero-order chi connectivity index (χ0) is 14.9. The van der Waals surface area contributed by atoms with Gasteiger partial charge in [-0.15, -0.1) is 0 Å². The molecule has 0 atom stereocenters. The number of hydrogen-bond acceptors (Lipinski definition) is 6. The summed E-state index contributed by atoms with van der Waals surface area (Å²) in [5, 5.41) is 0. The molecule has 0 bridgehead atoms. The van der Waals surface area contributed by atoms with E-state index in [9.17, 15) is 9.59 Å². The Labute approximate surface area is 123 Å². The number of hydrogen-bond donors (Lipinski definition) is 0. The highest BCUT2D eigenvalue weighted by Crippen LogP contribution is 2.01. The molecule has 0 saturated carbocycles. The van der Waals surface area contributed by atoms with Gasteiger partial charge in [0.2, 0.25) is 0 Å². The number of esters is 2. The SMILES string of the molecule is O=C(COCCN1CCOCC1)OC(=O)c1ccccc1. The second kappa shape index (κ2) is 8.51. The lowest BCUT2D eigenvalue weighted by atomic mass is 10.2. The Morgan fingerprint density at radius 3 is 2.57 bits per heavy atom. The van der Waals surface area contributed by atoms with Crippen LogP contribution < -0.4 is 0 Å². The first-order valence-corrected chi connectivity index (χ1v) is 6.93. The van der Waals surface area contributed by atoms with E-state index in [2.05, 4.69) is 4.90 Å². The number of carbonyl (C=O) groups excluding carboxylic acids is 2. The van der Waals surface area contributed by atoms with Gasteiger partial charge in [0.1, 0.15) is 6.61 Å². The molecule has 1 aromatic carbocycles. The molecule has 1 aliphatic rings. The summed E-state index contributed by atoms with van der Waals surface area (Å²) < 4.78 is 15.2. The average molecular weight is 293 g/mol. The van der Waals surface area contributed by atoms with Crippen LogP contribution in [0.3, 0.4) is 0 Å². The number of morpholine rings is 1. The van der Waals surface area contributed by atoms with Gasteiger partial charge in [-0.2, -0.15) is 0 Å². The molecule has 0 aliphatic carbocycles. The molecule has 2 rings (SSSR count). The Balaban J connectivity index is 1.60. The van der Waals surface area contributed by atoms with Crippen molar-refractivity contribution in [2.24, 2.45) is 0 Å². The molecular formula is C15H19NO5. The van der Waals surface area contributed by atoms with Gasteiger partial charge in [-0.25, -0.2) is 9.59 Å². The molecular weight excluding hydrogens is 274 g/mol. The minimum atomic E-state index is -0.675. The molecule has 1 aromatic rings. The molecule has 114 valence electrons. The van der Waals surface area contributed by atoms with Crippen LogP contribution in [0.2, 0.25) is 0 Å². The molecule has 21 heavy (non-hydrogen) atoms. The summed E-state index contributed by atoms with van der Waals surface area (Å²) in [4.78, 5) is 25.3. The fourth-order valence-corrected chi connectivity index (χ4v) is 1.94. The van der Waals surface area contributed by atoms with Crippen LogP contribution in [0, 0.1) is 0 Å². The Morgan fingerprint density at radius 2 is 1.86 bits per heavy atom. The predicted octanol–water partition coefficient (Wildman–Crippen LogP) is 0.719. The lowest BCUT2D eigenvalue weighted by molar-refractivity contribution is -0.143. The molecule has 1 fully saturated rings. The van der Waals surface area contributed by atoms with Gasteiger partial charge in [0.25, 0.3) is 0 Å². The number of nitrogens with zero attached hydrogens (tertiary/aromatic N) is 1. The highest BCUT2D eigenvalue weighted by Gasteiger charge is 2.13. The van der Waals surface area contributed by atoms with Crippen LogP contribution in [0.1, 0.15) is 10.4 Å². The molecule has 0 unspecified atom stereocenters. The van der Waals surface area contributed by atoms with Gasteiger partial charge < -0.3 is 14.2 Å². The third-order valence-electron chi connectivity index (χ3n) is 3.09. The van der Waals surface area contributed by atoms with Gasteiger partial charge in [0.05, 0.1) is 25.4 Å². The standard InChI is InChI=1S/C15H19NO5/c17-14(21-15(18)13-4-2-1-3-5-13)12-20-11-8-16-6-9-19-10-7-16/h1-5H,6-12H2. The number of benzene rings is 1. The maximum atomic E-state index is 11.6. The van der Waals surface area contributed by atoms with Crippen LogP contribution in [0.5, 0.6) is 0 Å². The Bertz CT molecular complexity index is 456. The predicted molar refractivity (Wildman–Crippen MR) is 74.9 cm³/mol. The fourth-order valence-electron chi connectivity index (χ4n) is 1.94. The molecule has 1 aliphatic heterocycles. The van der Waals surface area contributed by atoms with Crippen molar-refractivity contribution in [1.29, 1.82) is 0 Å². The molecule has 0 radical (unpaired) electrons. The van der Waals surface area contributed by atoms with E-state index < -0.39 is 11.9 Å². The Morgan fingerprint density at radius 1 is 1.14 bits per heavy atom. The van der Waals surface area contributed by atoms with Crippen LogP contribution in [-0.4, -0.2) is 62.9 Å². The first-order valence-electron chi connectivity index (χ1n) is 6.93. The van der Waals surface area contributed by atoms with Crippen LogP contribution in [-0.2, 0) is 19.0 Å². The summed E-state index contributed by atoms with van der Waals surface area (Å²) in [5.74, 6) is -1.33. The zero-order valence-electron chi connectivity index (χ0n) is 11.8. The van der Waals surface area contributed by atoms with E-state index in [1.54, 1.807) is 30.3 Å². The van der Waals surface area contributed by atoms with Crippen molar-refractivity contribution < 1.29 is 23.8 Å². The van der Waals surface area contributed by atoms with E-state index in [1.807, 2.05) is 0 Å². The summed E-state index contributed by atoms with van der Waals surface area (Å²) in [6.07, 6.45) is 0. The largest absolute Gasteiger partial charge is 0.388 e. The third kappa shape index (κ3) is 5.63. The summed E-state index contributed by atoms with van der Waals surface area (Å²) in [7, 11) is 0. The van der Waals surface area contributed by atoms with E-state index in [-0.39, 0.29) is 6.61 Å². The molecule has 1 heterocycles. The first kappa shape index (κ1) is 15.6. The van der Waals surface area contributed by atoms with Crippen LogP contribution in [0.4, 0.5) is 0 Å². The van der Waals surface area contributed by atoms with Crippen LogP contribution in [0.25, 0.3) is 0 Å². The van der Waals surface area contributed by atoms with Crippen molar-refractivity contribution in [2.75, 3.05) is 46.1 Å². The van der Waals surface area contributed by atoms with E-state index in [4.69, 9.17) is 14.2 Å². The maximum absolute atomic E-state index is 11.6.